The fraction of sp³-hybridized carbons (Fsp3) is 0.982. The van der Waals surface area contributed by atoms with Crippen LogP contribution in [0.15, 0.2) is 0 Å². The van der Waals surface area contributed by atoms with Gasteiger partial charge in [0.1, 0.15) is 13.2 Å². The minimum atomic E-state index is -4.31. The number of aliphatic hydroxyl groups excluding tert-OH is 1. The number of unbranched alkanes of at least 4 members (excludes halogenated alkanes) is 40. The largest absolute Gasteiger partial charge is 0.472 e. The Morgan fingerprint density at radius 1 is 0.469 bits per heavy atom. The smallest absolute Gasteiger partial charge is 0.391 e. The third kappa shape index (κ3) is 49.4. The molecular weight excluding hydrogens is 816 g/mol. The van der Waals surface area contributed by atoms with E-state index >= 15 is 0 Å². The average Bonchev–Trinajstić information content (AvgIpc) is 3.25. The Labute approximate surface area is 399 Å². The standard InChI is InChI=1S/C55H113N2O6P/c1-6-8-10-12-14-16-18-19-20-21-22-23-24-25-26-27-28-29-30-31-32-33-34-35-36-37-38-39-41-43-45-47-49-55(59)56-53(52-63-64(60,61)62-51-50-57(3,4)5)54(58)48-46-44-42-40-17-15-13-11-9-7-2/h53-54,58H,6-52H2,1-5H3,(H-,56,59,60,61)/p+1/t53-,54+/m0/s1. The molecule has 8 nitrogen and oxygen atoms in total. The number of quaternary nitrogens is 1. The van der Waals surface area contributed by atoms with Crippen LogP contribution in [0.5, 0.6) is 0 Å². The topological polar surface area (TPSA) is 105 Å². The highest BCUT2D eigenvalue weighted by Gasteiger charge is 2.28. The number of nitrogens with one attached hydrogen (secondary N) is 1. The first-order chi connectivity index (χ1) is 31.0. The Morgan fingerprint density at radius 2 is 0.750 bits per heavy atom. The number of hydrogen-bond acceptors (Lipinski definition) is 5. The second-order valence-electron chi connectivity index (χ2n) is 21.0. The van der Waals surface area contributed by atoms with Gasteiger partial charge in [-0.05, 0) is 12.8 Å². The van der Waals surface area contributed by atoms with E-state index in [1.165, 1.54) is 231 Å². The molecule has 0 rings (SSSR count). The molecule has 3 N–H and O–H groups in total. The number of likely N-dealkylation sites (N-methyl/N-ethyl adjacent to an activating group) is 1. The van der Waals surface area contributed by atoms with Crippen molar-refractivity contribution in [2.45, 2.75) is 309 Å². The van der Waals surface area contributed by atoms with E-state index < -0.39 is 20.0 Å². The zero-order valence-electron chi connectivity index (χ0n) is 43.8. The van der Waals surface area contributed by atoms with E-state index in [9.17, 15) is 19.4 Å². The normalized spacial score (nSPS) is 13.9. The summed E-state index contributed by atoms with van der Waals surface area (Å²) in [7, 11) is 1.63. The Hall–Kier alpha value is -0.500. The molecule has 0 bridgehead atoms. The number of aliphatic hydroxyl groups is 1. The zero-order valence-corrected chi connectivity index (χ0v) is 44.7. The van der Waals surface area contributed by atoms with Gasteiger partial charge in [-0.2, -0.15) is 0 Å². The molecule has 9 heteroatoms. The van der Waals surface area contributed by atoms with Gasteiger partial charge in [-0.1, -0.05) is 277 Å². The van der Waals surface area contributed by atoms with Gasteiger partial charge in [-0.25, -0.2) is 4.57 Å². The van der Waals surface area contributed by atoms with E-state index in [0.29, 0.717) is 23.9 Å². The molecule has 0 saturated carbocycles. The molecule has 0 aliphatic heterocycles. The number of hydrogen-bond donors (Lipinski definition) is 3. The van der Waals surface area contributed by atoms with Crippen molar-refractivity contribution >= 4 is 13.7 Å². The van der Waals surface area contributed by atoms with Crippen LogP contribution in [-0.2, 0) is 18.4 Å². The van der Waals surface area contributed by atoms with E-state index in [1.807, 2.05) is 21.1 Å². The number of phosphoric acid groups is 1. The maximum Gasteiger partial charge on any atom is 0.472 e. The van der Waals surface area contributed by atoms with Crippen LogP contribution in [-0.4, -0.2) is 73.4 Å². The number of nitrogens with zero attached hydrogens (tertiary/aromatic N) is 1. The Morgan fingerprint density at radius 3 is 1.05 bits per heavy atom. The number of rotatable bonds is 53. The molecule has 0 saturated heterocycles. The third-order valence-corrected chi connectivity index (χ3v) is 14.3. The predicted octanol–water partition coefficient (Wildman–Crippen LogP) is 16.9. The molecule has 64 heavy (non-hydrogen) atoms. The van der Waals surface area contributed by atoms with Crippen molar-refractivity contribution in [3.05, 3.63) is 0 Å². The monoisotopic (exact) mass is 930 g/mol. The molecule has 0 radical (unpaired) electrons. The SMILES string of the molecule is CCCCCCCCCCCCCCCCCCCCCCCCCCCCCCCCCCC(=O)N[C@@H](COP(=O)(O)OCC[N+](C)(C)C)[C@H](O)CCCCCCCCCCCC. The minimum absolute atomic E-state index is 0.0785. The zero-order chi connectivity index (χ0) is 47.1. The first-order valence-electron chi connectivity index (χ1n) is 28.4. The summed E-state index contributed by atoms with van der Waals surface area (Å²) < 4.78 is 23.7. The van der Waals surface area contributed by atoms with Crippen LogP contribution >= 0.6 is 7.82 Å². The number of amides is 1. The van der Waals surface area contributed by atoms with Crippen LogP contribution in [0.1, 0.15) is 296 Å². The van der Waals surface area contributed by atoms with Crippen molar-refractivity contribution in [2.24, 2.45) is 0 Å². The van der Waals surface area contributed by atoms with Gasteiger partial charge in [0.2, 0.25) is 5.91 Å². The summed E-state index contributed by atoms with van der Waals surface area (Å²) in [6, 6.07) is -0.753. The van der Waals surface area contributed by atoms with Crippen molar-refractivity contribution in [3.63, 3.8) is 0 Å². The molecule has 0 fully saturated rings. The lowest BCUT2D eigenvalue weighted by molar-refractivity contribution is -0.870. The maximum absolute atomic E-state index is 12.9. The van der Waals surface area contributed by atoms with Gasteiger partial charge in [0.15, 0.2) is 0 Å². The molecule has 0 aromatic carbocycles. The van der Waals surface area contributed by atoms with Gasteiger partial charge in [0.05, 0.1) is 39.9 Å². The lowest BCUT2D eigenvalue weighted by Crippen LogP contribution is -2.46. The lowest BCUT2D eigenvalue weighted by Gasteiger charge is -2.26. The van der Waals surface area contributed by atoms with E-state index in [4.69, 9.17) is 9.05 Å². The molecule has 1 amide bonds. The summed E-state index contributed by atoms with van der Waals surface area (Å²) in [6.07, 6.45) is 56.1. The van der Waals surface area contributed by atoms with E-state index in [0.717, 1.165) is 38.5 Å². The second kappa shape index (κ2) is 47.6. The van der Waals surface area contributed by atoms with Gasteiger partial charge in [-0.15, -0.1) is 0 Å². The third-order valence-electron chi connectivity index (χ3n) is 13.4. The van der Waals surface area contributed by atoms with Gasteiger partial charge in [0.25, 0.3) is 0 Å². The second-order valence-corrected chi connectivity index (χ2v) is 22.5. The molecular formula is C55H114N2O6P+. The van der Waals surface area contributed by atoms with E-state index in [2.05, 4.69) is 19.2 Å². The molecule has 3 atom stereocenters. The van der Waals surface area contributed by atoms with Crippen molar-refractivity contribution in [1.29, 1.82) is 0 Å². The Balaban J connectivity index is 3.87. The maximum atomic E-state index is 12.9. The number of carbonyl (C=O) groups is 1. The molecule has 0 spiro atoms. The Bertz CT molecular complexity index is 1010. The molecule has 0 heterocycles. The summed E-state index contributed by atoms with van der Waals surface area (Å²) in [5, 5.41) is 14.0. The lowest BCUT2D eigenvalue weighted by atomic mass is 10.0. The fourth-order valence-corrected chi connectivity index (χ4v) is 9.61. The highest BCUT2D eigenvalue weighted by molar-refractivity contribution is 7.47. The van der Waals surface area contributed by atoms with Gasteiger partial charge >= 0.3 is 7.82 Å². The summed E-state index contributed by atoms with van der Waals surface area (Å²) >= 11 is 0. The number of phosphoric ester groups is 1. The average molecular weight is 930 g/mol. The Kier molecular flexibility index (Phi) is 47.2. The number of carbonyl (C=O) groups excluding carboxylic acids is 1. The minimum Gasteiger partial charge on any atom is -0.391 e. The van der Waals surface area contributed by atoms with Crippen molar-refractivity contribution < 1.29 is 32.9 Å². The first-order valence-corrected chi connectivity index (χ1v) is 29.9. The molecule has 0 aromatic heterocycles. The van der Waals surface area contributed by atoms with Crippen LogP contribution < -0.4 is 5.32 Å². The van der Waals surface area contributed by atoms with E-state index in [-0.39, 0.29) is 19.1 Å². The fourth-order valence-electron chi connectivity index (χ4n) is 8.87. The molecule has 0 aromatic rings. The summed E-state index contributed by atoms with van der Waals surface area (Å²) in [4.78, 5) is 23.2. The van der Waals surface area contributed by atoms with Crippen molar-refractivity contribution in [3.8, 4) is 0 Å². The van der Waals surface area contributed by atoms with Crippen molar-refractivity contribution in [2.75, 3.05) is 40.9 Å². The highest BCUT2D eigenvalue weighted by atomic mass is 31.2. The van der Waals surface area contributed by atoms with Crippen LogP contribution in [0.25, 0.3) is 0 Å². The van der Waals surface area contributed by atoms with Crippen LogP contribution in [0.2, 0.25) is 0 Å². The van der Waals surface area contributed by atoms with Crippen molar-refractivity contribution in [1.82, 2.24) is 5.32 Å². The molecule has 1 unspecified atom stereocenters. The molecule has 0 aliphatic rings. The summed E-state index contributed by atoms with van der Waals surface area (Å²) in [6.45, 7) is 4.91. The molecule has 0 aliphatic carbocycles. The summed E-state index contributed by atoms with van der Waals surface area (Å²) in [5.74, 6) is -0.139. The van der Waals surface area contributed by atoms with Crippen LogP contribution in [0.4, 0.5) is 0 Å². The highest BCUT2D eigenvalue weighted by Crippen LogP contribution is 2.43. The van der Waals surface area contributed by atoms with Gasteiger partial charge in [0, 0.05) is 6.42 Å². The van der Waals surface area contributed by atoms with Crippen LogP contribution in [0.3, 0.4) is 0 Å². The molecule has 384 valence electrons. The first kappa shape index (κ1) is 63.5. The van der Waals surface area contributed by atoms with Gasteiger partial charge < -0.3 is 19.8 Å². The van der Waals surface area contributed by atoms with Crippen LogP contribution in [0, 0.1) is 0 Å². The quantitative estimate of drug-likeness (QED) is 0.0319. The van der Waals surface area contributed by atoms with E-state index in [1.54, 1.807) is 0 Å². The predicted molar refractivity (Wildman–Crippen MR) is 277 cm³/mol. The van der Waals surface area contributed by atoms with Gasteiger partial charge in [-0.3, -0.25) is 13.8 Å². The summed E-state index contributed by atoms with van der Waals surface area (Å²) in [5.41, 5.74) is 0.